The molecule has 0 aliphatic carbocycles. The van der Waals surface area contributed by atoms with Crippen molar-refractivity contribution in [1.29, 1.82) is 0 Å². The molecule has 2 N–H and O–H groups in total. The number of hydrogen-bond acceptors (Lipinski definition) is 8. The Hall–Kier alpha value is -3.12. The maximum Gasteiger partial charge on any atom is 0.260 e. The number of hydrogen-bond donors (Lipinski definition) is 2. The van der Waals surface area contributed by atoms with E-state index < -0.39 is 16.1 Å². The summed E-state index contributed by atoms with van der Waals surface area (Å²) < 4.78 is 32.9. The van der Waals surface area contributed by atoms with E-state index in [0.29, 0.717) is 11.5 Å². The summed E-state index contributed by atoms with van der Waals surface area (Å²) >= 11 is 1.58. The van der Waals surface area contributed by atoms with Gasteiger partial charge in [0.15, 0.2) is 10.2 Å². The lowest BCUT2D eigenvalue weighted by Gasteiger charge is -2.31. The van der Waals surface area contributed by atoms with Gasteiger partial charge in [-0.15, -0.1) is 11.3 Å². The molecule has 5 rings (SSSR count). The summed E-state index contributed by atoms with van der Waals surface area (Å²) in [4.78, 5) is 16.8. The molecule has 33 heavy (non-hydrogen) atoms. The zero-order valence-corrected chi connectivity index (χ0v) is 19.2. The number of aromatic nitrogens is 4. The number of anilines is 2. The highest BCUT2D eigenvalue weighted by Gasteiger charge is 2.33. The number of H-pyrrole nitrogens is 1. The second-order valence-electron chi connectivity index (χ2n) is 7.51. The van der Waals surface area contributed by atoms with Gasteiger partial charge in [0.2, 0.25) is 0 Å². The quantitative estimate of drug-likeness (QED) is 0.415. The number of thiazole rings is 1. The summed E-state index contributed by atoms with van der Waals surface area (Å²) in [6.07, 6.45) is 4.88. The number of sulfonamides is 1. The number of morpholine rings is 1. The highest BCUT2D eigenvalue weighted by Crippen LogP contribution is 2.27. The number of nitrogens with one attached hydrogen (secondary N) is 2. The van der Waals surface area contributed by atoms with Crippen molar-refractivity contribution >= 4 is 32.3 Å². The first kappa shape index (κ1) is 21.7. The van der Waals surface area contributed by atoms with E-state index in [1.807, 2.05) is 42.6 Å². The lowest BCUT2D eigenvalue weighted by molar-refractivity contribution is -0.00492. The van der Waals surface area contributed by atoms with Gasteiger partial charge < -0.3 is 15.0 Å². The van der Waals surface area contributed by atoms with Crippen molar-refractivity contribution < 1.29 is 13.2 Å². The molecule has 0 amide bonds. The second kappa shape index (κ2) is 9.40. The number of nitrogens with zero attached hydrogens (tertiary/aromatic N) is 4. The highest BCUT2D eigenvalue weighted by atomic mass is 32.2. The monoisotopic (exact) mass is 482 g/mol. The molecule has 1 saturated heterocycles. The molecule has 1 atom stereocenters. The number of benzene rings is 1. The highest BCUT2D eigenvalue weighted by molar-refractivity contribution is 7.89. The third-order valence-electron chi connectivity index (χ3n) is 5.23. The van der Waals surface area contributed by atoms with E-state index in [0.717, 1.165) is 16.4 Å². The maximum absolute atomic E-state index is 12.8. The molecule has 9 nitrogen and oxygen atoms in total. The van der Waals surface area contributed by atoms with Gasteiger partial charge in [-0.3, -0.25) is 0 Å². The van der Waals surface area contributed by atoms with E-state index >= 15 is 0 Å². The third-order valence-corrected chi connectivity index (χ3v) is 7.93. The van der Waals surface area contributed by atoms with Crippen LogP contribution in [0.3, 0.4) is 0 Å². The molecule has 1 aromatic carbocycles. The maximum atomic E-state index is 12.8. The van der Waals surface area contributed by atoms with Crippen LogP contribution in [-0.4, -0.2) is 52.4 Å². The van der Waals surface area contributed by atoms with Crippen LogP contribution in [0.4, 0.5) is 10.9 Å². The first-order valence-corrected chi connectivity index (χ1v) is 12.7. The molecular weight excluding hydrogens is 460 g/mol. The van der Waals surface area contributed by atoms with Crippen LogP contribution in [0.15, 0.2) is 72.3 Å². The van der Waals surface area contributed by atoms with E-state index in [1.54, 1.807) is 11.3 Å². The molecule has 170 valence electrons. The molecule has 0 spiro atoms. The lowest BCUT2D eigenvalue weighted by atomic mass is 10.1. The summed E-state index contributed by atoms with van der Waals surface area (Å²) in [5, 5.41) is 4.07. The Balaban J connectivity index is 1.27. The van der Waals surface area contributed by atoms with E-state index in [-0.39, 0.29) is 24.7 Å². The van der Waals surface area contributed by atoms with Gasteiger partial charge in [-0.2, -0.15) is 4.31 Å². The van der Waals surface area contributed by atoms with Crippen molar-refractivity contribution in [2.75, 3.05) is 25.0 Å². The van der Waals surface area contributed by atoms with Gasteiger partial charge in [0.1, 0.15) is 11.9 Å². The van der Waals surface area contributed by atoms with Crippen LogP contribution < -0.4 is 5.32 Å². The van der Waals surface area contributed by atoms with Gasteiger partial charge in [0.05, 0.1) is 24.8 Å². The molecule has 4 heterocycles. The predicted octanol–water partition coefficient (Wildman–Crippen LogP) is 3.36. The Morgan fingerprint density at radius 1 is 1.15 bits per heavy atom. The van der Waals surface area contributed by atoms with Gasteiger partial charge in [-0.05, 0) is 17.7 Å². The van der Waals surface area contributed by atoms with E-state index in [9.17, 15) is 8.42 Å². The van der Waals surface area contributed by atoms with E-state index in [1.165, 1.54) is 22.4 Å². The summed E-state index contributed by atoms with van der Waals surface area (Å²) in [6, 6.07) is 15.8. The van der Waals surface area contributed by atoms with Crippen molar-refractivity contribution in [1.82, 2.24) is 24.2 Å². The van der Waals surface area contributed by atoms with Crippen LogP contribution in [0, 0.1) is 0 Å². The van der Waals surface area contributed by atoms with E-state index in [4.69, 9.17) is 4.74 Å². The van der Waals surface area contributed by atoms with Crippen LogP contribution >= 0.6 is 11.3 Å². The fourth-order valence-corrected chi connectivity index (χ4v) is 5.77. The SMILES string of the molecule is O=S(=O)(c1cnc[nH]1)N1CCOC(c2cccc(Nc3ncc(Cc4ccccc4)s3)n2)C1. The molecular formula is C22H22N6O3S2. The Morgan fingerprint density at radius 3 is 2.85 bits per heavy atom. The molecule has 1 unspecified atom stereocenters. The molecule has 1 aliphatic rings. The summed E-state index contributed by atoms with van der Waals surface area (Å²) in [7, 11) is -3.66. The Morgan fingerprint density at radius 2 is 2.03 bits per heavy atom. The number of rotatable bonds is 7. The zero-order valence-electron chi connectivity index (χ0n) is 17.6. The van der Waals surface area contributed by atoms with Crippen LogP contribution in [0.2, 0.25) is 0 Å². The van der Waals surface area contributed by atoms with Gasteiger partial charge >= 0.3 is 0 Å². The van der Waals surface area contributed by atoms with E-state index in [2.05, 4.69) is 37.4 Å². The molecule has 0 bridgehead atoms. The van der Waals surface area contributed by atoms with Crippen molar-refractivity contribution in [2.24, 2.45) is 0 Å². The fourth-order valence-electron chi connectivity index (χ4n) is 3.60. The van der Waals surface area contributed by atoms with Gasteiger partial charge in [-0.1, -0.05) is 36.4 Å². The molecule has 4 aromatic rings. The van der Waals surface area contributed by atoms with Gasteiger partial charge in [-0.25, -0.2) is 23.4 Å². The average Bonchev–Trinajstić information content (AvgIpc) is 3.53. The minimum absolute atomic E-state index is 0.0709. The minimum Gasteiger partial charge on any atom is -0.369 e. The van der Waals surface area contributed by atoms with Crippen molar-refractivity contribution in [3.05, 3.63) is 83.4 Å². The van der Waals surface area contributed by atoms with Gasteiger partial charge in [0, 0.05) is 30.6 Å². The summed E-state index contributed by atoms with van der Waals surface area (Å²) in [5.41, 5.74) is 1.89. The van der Waals surface area contributed by atoms with Crippen LogP contribution in [0.5, 0.6) is 0 Å². The standard InChI is InChI=1S/C22H22N6O3S2/c29-33(30,21-13-23-15-25-21)28-9-10-31-19(14-28)18-7-4-8-20(26-18)27-22-24-12-17(32-22)11-16-5-2-1-3-6-16/h1-8,12-13,15,19H,9-11,14H2,(H,23,25)(H,24,26,27). The fraction of sp³-hybridized carbons (Fsp3) is 0.227. The minimum atomic E-state index is -3.66. The molecule has 0 saturated carbocycles. The van der Waals surface area contributed by atoms with Crippen LogP contribution in [0.1, 0.15) is 22.2 Å². The predicted molar refractivity (Wildman–Crippen MR) is 125 cm³/mol. The first-order chi connectivity index (χ1) is 16.1. The van der Waals surface area contributed by atoms with Crippen molar-refractivity contribution in [3.8, 4) is 0 Å². The number of pyridine rings is 1. The largest absolute Gasteiger partial charge is 0.369 e. The van der Waals surface area contributed by atoms with Crippen LogP contribution in [0.25, 0.3) is 0 Å². The average molecular weight is 483 g/mol. The van der Waals surface area contributed by atoms with Crippen molar-refractivity contribution in [2.45, 2.75) is 17.6 Å². The third kappa shape index (κ3) is 4.96. The molecule has 1 aliphatic heterocycles. The smallest absolute Gasteiger partial charge is 0.260 e. The Labute approximate surface area is 195 Å². The summed E-state index contributed by atoms with van der Waals surface area (Å²) in [5.74, 6) is 0.630. The zero-order chi connectivity index (χ0) is 22.7. The molecule has 3 aromatic heterocycles. The number of ether oxygens (including phenoxy) is 1. The number of aromatic amines is 1. The first-order valence-electron chi connectivity index (χ1n) is 10.4. The number of imidazole rings is 1. The topological polar surface area (TPSA) is 113 Å². The van der Waals surface area contributed by atoms with Gasteiger partial charge in [0.25, 0.3) is 10.0 Å². The van der Waals surface area contributed by atoms with Crippen molar-refractivity contribution in [3.63, 3.8) is 0 Å². The lowest BCUT2D eigenvalue weighted by Crippen LogP contribution is -2.42. The molecule has 0 radical (unpaired) electrons. The summed E-state index contributed by atoms with van der Waals surface area (Å²) in [6.45, 7) is 0.738. The molecule has 11 heteroatoms. The second-order valence-corrected chi connectivity index (χ2v) is 10.5. The molecule has 1 fully saturated rings. The Kier molecular flexibility index (Phi) is 6.18. The Bertz CT molecular complexity index is 1310. The van der Waals surface area contributed by atoms with Crippen LogP contribution in [-0.2, 0) is 21.2 Å². The normalized spacial score (nSPS) is 17.2.